The number of carbonyl (C=O) groups is 1. The molecule has 2 nitrogen and oxygen atoms in total. The molecule has 104 valence electrons. The topological polar surface area (TPSA) is 37.3 Å². The molecule has 1 unspecified atom stereocenters. The van der Waals surface area contributed by atoms with Crippen LogP contribution in [0.15, 0.2) is 18.2 Å². The maximum atomic E-state index is 13.4. The predicted molar refractivity (Wildman–Crippen MR) is 67.7 cm³/mol. The summed E-state index contributed by atoms with van der Waals surface area (Å²) in [5.41, 5.74) is 0.140. The van der Waals surface area contributed by atoms with Crippen LogP contribution in [0.1, 0.15) is 37.7 Å². The number of benzene rings is 1. The molecule has 2 rings (SSSR count). The van der Waals surface area contributed by atoms with Crippen molar-refractivity contribution in [2.24, 2.45) is 5.92 Å². The summed E-state index contributed by atoms with van der Waals surface area (Å²) in [6.07, 6.45) is 3.69. The van der Waals surface area contributed by atoms with E-state index in [1.54, 1.807) is 0 Å². The van der Waals surface area contributed by atoms with Crippen LogP contribution in [0.2, 0.25) is 0 Å². The van der Waals surface area contributed by atoms with Crippen LogP contribution >= 0.6 is 0 Å². The number of carbonyl (C=O) groups excluding carboxylic acids is 1. The Bertz CT molecular complexity index is 453. The molecule has 0 bridgehead atoms. The molecule has 0 saturated heterocycles. The van der Waals surface area contributed by atoms with Gasteiger partial charge in [0.25, 0.3) is 0 Å². The summed E-state index contributed by atoms with van der Waals surface area (Å²) in [6, 6.07) is 3.14. The summed E-state index contributed by atoms with van der Waals surface area (Å²) in [5, 5.41) is 10.0. The molecule has 0 aromatic heterocycles. The van der Waals surface area contributed by atoms with Gasteiger partial charge in [-0.25, -0.2) is 8.78 Å². The van der Waals surface area contributed by atoms with Gasteiger partial charge in [0, 0.05) is 12.5 Å². The van der Waals surface area contributed by atoms with Crippen molar-refractivity contribution in [1.82, 2.24) is 0 Å². The second kappa shape index (κ2) is 6.24. The Morgan fingerprint density at radius 2 is 1.95 bits per heavy atom. The Morgan fingerprint density at radius 3 is 2.58 bits per heavy atom. The van der Waals surface area contributed by atoms with Crippen molar-refractivity contribution in [3.8, 4) is 0 Å². The molecule has 4 heteroatoms. The highest BCUT2D eigenvalue weighted by Gasteiger charge is 2.27. The molecule has 1 aromatic carbocycles. The fourth-order valence-electron chi connectivity index (χ4n) is 2.67. The quantitative estimate of drug-likeness (QED) is 0.911. The molecule has 0 spiro atoms. The monoisotopic (exact) mass is 268 g/mol. The second-order valence-corrected chi connectivity index (χ2v) is 5.22. The SMILES string of the molecule is O=C(Cc1ccc(F)cc1F)C(O)C1CCCCC1. The van der Waals surface area contributed by atoms with Crippen LogP contribution in [0.5, 0.6) is 0 Å². The molecule has 1 saturated carbocycles. The van der Waals surface area contributed by atoms with Gasteiger partial charge >= 0.3 is 0 Å². The smallest absolute Gasteiger partial charge is 0.166 e. The lowest BCUT2D eigenvalue weighted by atomic mass is 9.83. The number of Topliss-reactive ketones (excluding diaryl/α,β-unsaturated/α-hetero) is 1. The van der Waals surface area contributed by atoms with Crippen LogP contribution in [-0.2, 0) is 11.2 Å². The zero-order valence-electron chi connectivity index (χ0n) is 10.7. The molecule has 0 aliphatic heterocycles. The number of hydrogen-bond acceptors (Lipinski definition) is 2. The summed E-state index contributed by atoms with van der Waals surface area (Å²) in [6.45, 7) is 0. The van der Waals surface area contributed by atoms with Crippen molar-refractivity contribution in [3.05, 3.63) is 35.4 Å². The lowest BCUT2D eigenvalue weighted by molar-refractivity contribution is -0.129. The van der Waals surface area contributed by atoms with Gasteiger partial charge in [0.05, 0.1) is 0 Å². The van der Waals surface area contributed by atoms with Crippen molar-refractivity contribution in [1.29, 1.82) is 0 Å². The van der Waals surface area contributed by atoms with Crippen LogP contribution in [0.4, 0.5) is 8.78 Å². The minimum atomic E-state index is -1.02. The van der Waals surface area contributed by atoms with Crippen molar-refractivity contribution in [2.45, 2.75) is 44.6 Å². The molecule has 1 aromatic rings. The first kappa shape index (κ1) is 14.1. The minimum Gasteiger partial charge on any atom is -0.385 e. The number of hydrogen-bond donors (Lipinski definition) is 1. The molecule has 1 aliphatic carbocycles. The highest BCUT2D eigenvalue weighted by molar-refractivity contribution is 5.85. The lowest BCUT2D eigenvalue weighted by Gasteiger charge is -2.25. The van der Waals surface area contributed by atoms with E-state index in [0.29, 0.717) is 0 Å². The van der Waals surface area contributed by atoms with Crippen molar-refractivity contribution in [3.63, 3.8) is 0 Å². The highest BCUT2D eigenvalue weighted by Crippen LogP contribution is 2.27. The number of rotatable bonds is 4. The van der Waals surface area contributed by atoms with Gasteiger partial charge in [-0.2, -0.15) is 0 Å². The first-order valence-corrected chi connectivity index (χ1v) is 6.72. The number of aliphatic hydroxyl groups is 1. The van der Waals surface area contributed by atoms with E-state index in [-0.39, 0.29) is 23.7 Å². The van der Waals surface area contributed by atoms with E-state index in [4.69, 9.17) is 0 Å². The number of halogens is 2. The fraction of sp³-hybridized carbons (Fsp3) is 0.533. The summed E-state index contributed by atoms with van der Waals surface area (Å²) in [5.74, 6) is -1.78. The summed E-state index contributed by atoms with van der Waals surface area (Å²) in [7, 11) is 0. The molecular weight excluding hydrogens is 250 g/mol. The van der Waals surface area contributed by atoms with E-state index in [0.717, 1.165) is 44.2 Å². The largest absolute Gasteiger partial charge is 0.385 e. The third kappa shape index (κ3) is 3.60. The van der Waals surface area contributed by atoms with E-state index in [9.17, 15) is 18.7 Å². The van der Waals surface area contributed by atoms with Crippen molar-refractivity contribution in [2.75, 3.05) is 0 Å². The van der Waals surface area contributed by atoms with E-state index in [1.807, 2.05) is 0 Å². The summed E-state index contributed by atoms with van der Waals surface area (Å²) >= 11 is 0. The highest BCUT2D eigenvalue weighted by atomic mass is 19.1. The summed E-state index contributed by atoms with van der Waals surface area (Å²) < 4.78 is 26.2. The molecule has 1 fully saturated rings. The van der Waals surface area contributed by atoms with E-state index in [2.05, 4.69) is 0 Å². The van der Waals surface area contributed by atoms with Gasteiger partial charge in [-0.15, -0.1) is 0 Å². The third-order valence-electron chi connectivity index (χ3n) is 3.81. The Balaban J connectivity index is 1.99. The van der Waals surface area contributed by atoms with E-state index in [1.165, 1.54) is 6.07 Å². The molecule has 19 heavy (non-hydrogen) atoms. The molecule has 0 heterocycles. The van der Waals surface area contributed by atoms with Crippen molar-refractivity contribution < 1.29 is 18.7 Å². The standard InChI is InChI=1S/C15H18F2O2/c16-12-7-6-11(13(17)9-12)8-14(18)15(19)10-4-2-1-3-5-10/h6-7,9-10,15,19H,1-5,8H2. The average Bonchev–Trinajstić information content (AvgIpc) is 2.42. The maximum Gasteiger partial charge on any atom is 0.166 e. The first-order valence-electron chi connectivity index (χ1n) is 6.72. The third-order valence-corrected chi connectivity index (χ3v) is 3.81. The molecular formula is C15H18F2O2. The summed E-state index contributed by atoms with van der Waals surface area (Å²) in [4.78, 5) is 11.9. The lowest BCUT2D eigenvalue weighted by Crippen LogP contribution is -2.32. The Labute approximate surface area is 111 Å². The fourth-order valence-corrected chi connectivity index (χ4v) is 2.67. The van der Waals surface area contributed by atoms with E-state index < -0.39 is 17.7 Å². The zero-order valence-corrected chi connectivity index (χ0v) is 10.7. The number of ketones is 1. The van der Waals surface area contributed by atoms with Crippen LogP contribution < -0.4 is 0 Å². The van der Waals surface area contributed by atoms with Gasteiger partial charge in [-0.3, -0.25) is 4.79 Å². The zero-order chi connectivity index (χ0) is 13.8. The van der Waals surface area contributed by atoms with Gasteiger partial charge in [-0.05, 0) is 30.4 Å². The van der Waals surface area contributed by atoms with E-state index >= 15 is 0 Å². The molecule has 1 atom stereocenters. The normalized spacial score (nSPS) is 18.3. The first-order chi connectivity index (χ1) is 9.08. The van der Waals surface area contributed by atoms with Crippen LogP contribution in [0, 0.1) is 17.6 Å². The number of aliphatic hydroxyl groups excluding tert-OH is 1. The minimum absolute atomic E-state index is 0.00948. The molecule has 0 radical (unpaired) electrons. The van der Waals surface area contributed by atoms with Crippen LogP contribution in [-0.4, -0.2) is 17.0 Å². The Kier molecular flexibility index (Phi) is 4.64. The van der Waals surface area contributed by atoms with Crippen molar-refractivity contribution >= 4 is 5.78 Å². The van der Waals surface area contributed by atoms with Gasteiger partial charge in [-0.1, -0.05) is 25.3 Å². The van der Waals surface area contributed by atoms with Gasteiger partial charge < -0.3 is 5.11 Å². The predicted octanol–water partition coefficient (Wildman–Crippen LogP) is 3.02. The second-order valence-electron chi connectivity index (χ2n) is 5.22. The van der Waals surface area contributed by atoms with Crippen LogP contribution in [0.3, 0.4) is 0 Å². The molecule has 1 N–H and O–H groups in total. The van der Waals surface area contributed by atoms with Gasteiger partial charge in [0.2, 0.25) is 0 Å². The molecule has 0 amide bonds. The Hall–Kier alpha value is -1.29. The average molecular weight is 268 g/mol. The van der Waals surface area contributed by atoms with Crippen LogP contribution in [0.25, 0.3) is 0 Å². The Morgan fingerprint density at radius 1 is 1.26 bits per heavy atom. The van der Waals surface area contributed by atoms with Gasteiger partial charge in [0.1, 0.15) is 17.7 Å². The van der Waals surface area contributed by atoms with Gasteiger partial charge in [0.15, 0.2) is 5.78 Å². The molecule has 1 aliphatic rings. The maximum absolute atomic E-state index is 13.4.